The Morgan fingerprint density at radius 1 is 1.57 bits per heavy atom. The Morgan fingerprint density at radius 2 is 2.33 bits per heavy atom. The van der Waals surface area contributed by atoms with Crippen LogP contribution in [0.2, 0.25) is 0 Å². The van der Waals surface area contributed by atoms with E-state index in [4.69, 9.17) is 5.11 Å². The summed E-state index contributed by atoms with van der Waals surface area (Å²) in [5.74, 6) is -0.738. The molecule has 0 spiro atoms. The van der Waals surface area contributed by atoms with Crippen molar-refractivity contribution in [2.24, 2.45) is 11.3 Å². The number of carbonyl (C=O) groups excluding carboxylic acids is 1. The summed E-state index contributed by atoms with van der Waals surface area (Å²) in [5, 5.41) is 17.1. The second-order valence-electron chi connectivity index (χ2n) is 5.88. The highest BCUT2D eigenvalue weighted by atomic mass is 32.1. The Bertz CT molecular complexity index is 521. The maximum atomic E-state index is 12.4. The van der Waals surface area contributed by atoms with Crippen molar-refractivity contribution in [2.75, 3.05) is 13.1 Å². The zero-order chi connectivity index (χ0) is 15.5. The van der Waals surface area contributed by atoms with E-state index in [-0.39, 0.29) is 18.1 Å². The van der Waals surface area contributed by atoms with E-state index >= 15 is 0 Å². The fourth-order valence-electron chi connectivity index (χ4n) is 2.53. The number of thiazole rings is 1. The monoisotopic (exact) mass is 311 g/mol. The first kappa shape index (κ1) is 15.9. The minimum Gasteiger partial charge on any atom is -0.476 e. The lowest BCUT2D eigenvalue weighted by molar-refractivity contribution is -0.132. The van der Waals surface area contributed by atoms with E-state index in [1.165, 1.54) is 16.7 Å². The van der Waals surface area contributed by atoms with Gasteiger partial charge in [0.15, 0.2) is 5.69 Å². The van der Waals surface area contributed by atoms with Crippen molar-refractivity contribution in [1.82, 2.24) is 15.6 Å². The molecule has 1 saturated heterocycles. The van der Waals surface area contributed by atoms with Crippen molar-refractivity contribution in [3.8, 4) is 0 Å². The fraction of sp³-hybridized carbons (Fsp3) is 0.643. The summed E-state index contributed by atoms with van der Waals surface area (Å²) < 4.78 is 0. The number of hydrogen-bond donors (Lipinski definition) is 3. The molecular formula is C14H21N3O3S. The van der Waals surface area contributed by atoms with Crippen LogP contribution in [0, 0.1) is 11.3 Å². The number of carboxylic acids is 1. The van der Waals surface area contributed by atoms with Gasteiger partial charge in [0.05, 0.1) is 6.54 Å². The largest absolute Gasteiger partial charge is 0.476 e. The highest BCUT2D eigenvalue weighted by molar-refractivity contribution is 7.09. The average Bonchev–Trinajstić information content (AvgIpc) is 2.94. The quantitative estimate of drug-likeness (QED) is 0.766. The molecule has 1 aliphatic rings. The zero-order valence-electron chi connectivity index (χ0n) is 12.3. The van der Waals surface area contributed by atoms with Crippen LogP contribution >= 0.6 is 11.3 Å². The third kappa shape index (κ3) is 3.79. The van der Waals surface area contributed by atoms with Crippen molar-refractivity contribution in [3.05, 3.63) is 16.1 Å². The number of nitrogens with zero attached hydrogens (tertiary/aromatic N) is 1. The van der Waals surface area contributed by atoms with E-state index in [0.717, 1.165) is 25.9 Å². The number of aromatic nitrogens is 1. The van der Waals surface area contributed by atoms with Crippen LogP contribution in [0.15, 0.2) is 5.38 Å². The molecule has 1 unspecified atom stereocenters. The first-order valence-corrected chi connectivity index (χ1v) is 7.96. The summed E-state index contributed by atoms with van der Waals surface area (Å²) in [6.07, 6.45) is 2.14. The van der Waals surface area contributed by atoms with Crippen molar-refractivity contribution in [2.45, 2.75) is 33.2 Å². The predicted molar refractivity (Wildman–Crippen MR) is 80.3 cm³/mol. The number of nitrogens with one attached hydrogen (secondary N) is 2. The van der Waals surface area contributed by atoms with Gasteiger partial charge in [-0.15, -0.1) is 11.3 Å². The molecule has 0 bridgehead atoms. The average molecular weight is 311 g/mol. The number of carboxylic acid groups (broad SMARTS) is 1. The maximum absolute atomic E-state index is 12.4. The number of hydrogen-bond acceptors (Lipinski definition) is 5. The Morgan fingerprint density at radius 3 is 2.90 bits per heavy atom. The first-order chi connectivity index (χ1) is 9.91. The van der Waals surface area contributed by atoms with Gasteiger partial charge in [-0.25, -0.2) is 9.78 Å². The van der Waals surface area contributed by atoms with E-state index in [2.05, 4.69) is 15.6 Å². The van der Waals surface area contributed by atoms with Crippen LogP contribution in [-0.2, 0) is 11.3 Å². The van der Waals surface area contributed by atoms with Crippen LogP contribution in [0.3, 0.4) is 0 Å². The number of amides is 1. The molecule has 1 aromatic rings. The molecule has 0 aromatic carbocycles. The van der Waals surface area contributed by atoms with E-state index < -0.39 is 11.4 Å². The molecule has 1 atom stereocenters. The Hall–Kier alpha value is -1.47. The summed E-state index contributed by atoms with van der Waals surface area (Å²) in [6, 6.07) is 0. The zero-order valence-corrected chi connectivity index (χ0v) is 13.1. The molecule has 0 saturated carbocycles. The van der Waals surface area contributed by atoms with Gasteiger partial charge in [0.2, 0.25) is 5.91 Å². The maximum Gasteiger partial charge on any atom is 0.355 e. The number of piperidine rings is 1. The third-order valence-electron chi connectivity index (χ3n) is 4.07. The predicted octanol–water partition coefficient (Wildman–Crippen LogP) is 1.48. The van der Waals surface area contributed by atoms with Crippen LogP contribution < -0.4 is 10.6 Å². The van der Waals surface area contributed by atoms with Crippen LogP contribution in [0.4, 0.5) is 0 Å². The molecule has 21 heavy (non-hydrogen) atoms. The van der Waals surface area contributed by atoms with Gasteiger partial charge in [-0.1, -0.05) is 13.8 Å². The molecule has 116 valence electrons. The molecule has 1 aromatic heterocycles. The number of rotatable bonds is 5. The Kier molecular flexibility index (Phi) is 4.95. The molecule has 0 aliphatic carbocycles. The summed E-state index contributed by atoms with van der Waals surface area (Å²) in [7, 11) is 0. The summed E-state index contributed by atoms with van der Waals surface area (Å²) in [6.45, 7) is 6.08. The minimum atomic E-state index is -1.04. The highest BCUT2D eigenvalue weighted by Crippen LogP contribution is 2.32. The molecule has 6 nitrogen and oxygen atoms in total. The topological polar surface area (TPSA) is 91.3 Å². The van der Waals surface area contributed by atoms with Crippen molar-refractivity contribution in [3.63, 3.8) is 0 Å². The molecule has 2 heterocycles. The van der Waals surface area contributed by atoms with Crippen LogP contribution in [-0.4, -0.2) is 35.1 Å². The van der Waals surface area contributed by atoms with E-state index in [9.17, 15) is 9.59 Å². The lowest BCUT2D eigenvalue weighted by atomic mass is 9.74. The first-order valence-electron chi connectivity index (χ1n) is 7.08. The van der Waals surface area contributed by atoms with Gasteiger partial charge < -0.3 is 15.7 Å². The van der Waals surface area contributed by atoms with E-state index in [1.807, 2.05) is 13.8 Å². The molecule has 1 fully saturated rings. The minimum absolute atomic E-state index is 0.0109. The lowest BCUT2D eigenvalue weighted by Gasteiger charge is -2.35. The molecule has 1 aliphatic heterocycles. The standard InChI is InChI=1S/C14H21N3O3S/c1-14(2,9-4-3-5-15-6-9)13(20)16-7-11-17-10(8-21-11)12(18)19/h8-9,15H,3-7H2,1-2H3,(H,16,20)(H,18,19). The Balaban J connectivity index is 1.91. The second-order valence-corrected chi connectivity index (χ2v) is 6.82. The fourth-order valence-corrected chi connectivity index (χ4v) is 3.23. The van der Waals surface area contributed by atoms with Crippen molar-refractivity contribution in [1.29, 1.82) is 0 Å². The van der Waals surface area contributed by atoms with Crippen molar-refractivity contribution >= 4 is 23.2 Å². The summed E-state index contributed by atoms with van der Waals surface area (Å²) >= 11 is 1.25. The van der Waals surface area contributed by atoms with E-state index in [1.54, 1.807) is 0 Å². The van der Waals surface area contributed by atoms with Gasteiger partial charge in [-0.2, -0.15) is 0 Å². The normalized spacial score (nSPS) is 19.2. The molecule has 0 radical (unpaired) electrons. The van der Waals surface area contributed by atoms with E-state index in [0.29, 0.717) is 10.9 Å². The van der Waals surface area contributed by atoms with Crippen molar-refractivity contribution < 1.29 is 14.7 Å². The second kappa shape index (κ2) is 6.53. The van der Waals surface area contributed by atoms with Gasteiger partial charge in [-0.05, 0) is 31.8 Å². The summed E-state index contributed by atoms with van der Waals surface area (Å²) in [4.78, 5) is 27.1. The molecular weight excluding hydrogens is 290 g/mol. The highest BCUT2D eigenvalue weighted by Gasteiger charge is 2.37. The molecule has 2 rings (SSSR count). The third-order valence-corrected chi connectivity index (χ3v) is 4.92. The molecule has 7 heteroatoms. The van der Waals surface area contributed by atoms with Gasteiger partial charge in [0.1, 0.15) is 5.01 Å². The smallest absolute Gasteiger partial charge is 0.355 e. The van der Waals surface area contributed by atoms with Crippen LogP contribution in [0.1, 0.15) is 42.2 Å². The molecule has 3 N–H and O–H groups in total. The SMILES string of the molecule is CC(C)(C(=O)NCc1nc(C(=O)O)cs1)C1CCCNC1. The number of aromatic carboxylic acids is 1. The van der Waals surface area contributed by atoms with Crippen LogP contribution in [0.5, 0.6) is 0 Å². The van der Waals surface area contributed by atoms with Gasteiger partial charge in [0.25, 0.3) is 0 Å². The van der Waals surface area contributed by atoms with Gasteiger partial charge in [-0.3, -0.25) is 4.79 Å². The number of carbonyl (C=O) groups is 2. The lowest BCUT2D eigenvalue weighted by Crippen LogP contribution is -2.47. The summed E-state index contributed by atoms with van der Waals surface area (Å²) in [5.41, 5.74) is -0.416. The van der Waals surface area contributed by atoms with Crippen LogP contribution in [0.25, 0.3) is 0 Å². The van der Waals surface area contributed by atoms with Gasteiger partial charge >= 0.3 is 5.97 Å². The Labute approximate surface area is 128 Å². The molecule has 1 amide bonds. The van der Waals surface area contributed by atoms with Gasteiger partial charge in [0, 0.05) is 10.8 Å².